The predicted octanol–water partition coefficient (Wildman–Crippen LogP) is 8.50. The van der Waals surface area contributed by atoms with Crippen LogP contribution in [0.2, 0.25) is 0 Å². The van der Waals surface area contributed by atoms with E-state index < -0.39 is 29.4 Å². The van der Waals surface area contributed by atoms with Crippen LogP contribution in [0.5, 0.6) is 0 Å². The van der Waals surface area contributed by atoms with Crippen LogP contribution in [0.1, 0.15) is 94.6 Å². The summed E-state index contributed by atoms with van der Waals surface area (Å²) in [5, 5.41) is 5.59. The monoisotopic (exact) mass is 950 g/mol. The summed E-state index contributed by atoms with van der Waals surface area (Å²) < 4.78 is 27.0. The number of hydrazine groups is 1. The molecule has 2 amide bonds. The van der Waals surface area contributed by atoms with E-state index in [-0.39, 0.29) is 55.6 Å². The normalized spacial score (nSPS) is 20.0. The fourth-order valence-electron chi connectivity index (χ4n) is 10.3. The maximum absolute atomic E-state index is 14.7. The molecule has 6 heterocycles. The van der Waals surface area contributed by atoms with Crippen LogP contribution >= 0.6 is 0 Å². The van der Waals surface area contributed by atoms with Crippen LogP contribution in [0.3, 0.4) is 0 Å². The average Bonchev–Trinajstić information content (AvgIpc) is 3.95. The van der Waals surface area contributed by atoms with Gasteiger partial charge in [0.2, 0.25) is 11.8 Å². The van der Waals surface area contributed by atoms with Crippen molar-refractivity contribution in [3.63, 3.8) is 0 Å². The number of aromatic nitrogens is 3. The first-order chi connectivity index (χ1) is 33.8. The van der Waals surface area contributed by atoms with Crippen molar-refractivity contribution < 1.29 is 33.0 Å². The van der Waals surface area contributed by atoms with Gasteiger partial charge in [-0.15, -0.1) is 0 Å². The van der Waals surface area contributed by atoms with Gasteiger partial charge in [0.25, 0.3) is 5.91 Å². The first kappa shape index (κ1) is 48.8. The Labute approximate surface area is 411 Å². The lowest BCUT2D eigenvalue weighted by molar-refractivity contribution is -0.155. The Morgan fingerprint density at radius 3 is 2.39 bits per heavy atom. The molecule has 0 radical (unpaired) electrons. The van der Waals surface area contributed by atoms with E-state index in [0.29, 0.717) is 43.9 Å². The van der Waals surface area contributed by atoms with Gasteiger partial charge in [-0.25, -0.2) is 10.4 Å². The molecule has 368 valence electrons. The summed E-state index contributed by atoms with van der Waals surface area (Å²) >= 11 is 0. The summed E-state index contributed by atoms with van der Waals surface area (Å²) in [5.74, 6) is -1.32. The number of rotatable bonds is 13. The highest BCUT2D eigenvalue weighted by Crippen LogP contribution is 2.42. The maximum atomic E-state index is 14.7. The summed E-state index contributed by atoms with van der Waals surface area (Å²) in [6.45, 7) is 15.2. The Morgan fingerprint density at radius 2 is 1.70 bits per heavy atom. The van der Waals surface area contributed by atoms with Crippen molar-refractivity contribution in [3.8, 4) is 22.7 Å². The zero-order valence-electron chi connectivity index (χ0n) is 41.5. The van der Waals surface area contributed by atoms with Gasteiger partial charge in [-0.3, -0.25) is 29.3 Å². The Kier molecular flexibility index (Phi) is 14.7. The Bertz CT molecular complexity index is 2740. The zero-order valence-corrected chi connectivity index (χ0v) is 41.5. The second-order valence-electron chi connectivity index (χ2n) is 20.3. The van der Waals surface area contributed by atoms with Crippen LogP contribution in [-0.4, -0.2) is 100 Å². The molecule has 6 aromatic rings. The minimum Gasteiger partial charge on any atom is -0.464 e. The number of amides is 2. The average molecular weight is 950 g/mol. The third kappa shape index (κ3) is 10.3. The highest BCUT2D eigenvalue weighted by Gasteiger charge is 2.39. The second-order valence-corrected chi connectivity index (χ2v) is 20.3. The van der Waals surface area contributed by atoms with E-state index in [1.165, 1.54) is 16.1 Å². The molecule has 70 heavy (non-hydrogen) atoms. The number of carbonyl (C=O) groups excluding carboxylic acids is 3. The second kappa shape index (κ2) is 21.0. The molecule has 2 fully saturated rings. The van der Waals surface area contributed by atoms with Crippen molar-refractivity contribution in [2.24, 2.45) is 17.3 Å². The lowest BCUT2D eigenvalue weighted by atomic mass is 9.84. The van der Waals surface area contributed by atoms with Crippen molar-refractivity contribution in [3.05, 3.63) is 132 Å². The molecule has 3 aromatic heterocycles. The van der Waals surface area contributed by atoms with Crippen molar-refractivity contribution in [1.82, 2.24) is 35.2 Å². The number of nitrogens with zero attached hydrogens (tertiary/aromatic N) is 5. The molecule has 0 saturated carbocycles. The smallest absolute Gasteiger partial charge is 0.324 e. The van der Waals surface area contributed by atoms with Gasteiger partial charge < -0.3 is 28.5 Å². The van der Waals surface area contributed by atoms with Crippen LogP contribution in [0.15, 0.2) is 108 Å². The SMILES string of the molecule is CCn1c(-c2cccnc2[C@H](C)OC)c2c3cc(ccc31)-c1nc(co1)C[C@H](NC(=O)C(COC1CN(C(c3ccccc3)c3ccccc3)C1)C(C)C)C(=O)N1CCC[C@H](N1)C(=O)OCC(C)(C)C2. The van der Waals surface area contributed by atoms with Gasteiger partial charge in [0, 0.05) is 73.4 Å². The molecule has 2 saturated heterocycles. The van der Waals surface area contributed by atoms with E-state index in [1.54, 1.807) is 19.6 Å². The van der Waals surface area contributed by atoms with Crippen molar-refractivity contribution in [2.75, 3.05) is 40.0 Å². The summed E-state index contributed by atoms with van der Waals surface area (Å²) in [7, 11) is 1.69. The molecule has 2 N–H and O–H groups in total. The molecule has 14 heteroatoms. The van der Waals surface area contributed by atoms with Gasteiger partial charge in [-0.1, -0.05) is 88.4 Å². The number of hydrogen-bond acceptors (Lipinski definition) is 11. The largest absolute Gasteiger partial charge is 0.464 e. The summed E-state index contributed by atoms with van der Waals surface area (Å²) in [6, 6.07) is 29.6. The highest BCUT2D eigenvalue weighted by atomic mass is 16.5. The van der Waals surface area contributed by atoms with Gasteiger partial charge >= 0.3 is 5.97 Å². The van der Waals surface area contributed by atoms with Gasteiger partial charge in [-0.05, 0) is 86.1 Å². The topological polar surface area (TPSA) is 153 Å². The van der Waals surface area contributed by atoms with E-state index in [1.807, 2.05) is 45.0 Å². The third-order valence-electron chi connectivity index (χ3n) is 14.3. The molecule has 0 spiro atoms. The number of pyridine rings is 1. The first-order valence-corrected chi connectivity index (χ1v) is 24.9. The number of fused-ring (bicyclic) bond motifs is 6. The quantitative estimate of drug-likeness (QED) is 0.107. The number of hydrogen-bond donors (Lipinski definition) is 2. The summed E-state index contributed by atoms with van der Waals surface area (Å²) in [4.78, 5) is 55.2. The standard InChI is InChI=1S/C56H67N7O7/c1-8-62-48-24-23-39-27-43(48)44(51(62)42-21-15-25-57-49(42)36(4)67-7)29-56(5,6)34-70-55(66)46-22-16-26-63(60-46)54(65)47(28-40-32-69-53(39)58-40)59-52(64)45(35(2)3)33-68-41-30-61(31-41)50(37-17-11-9-12-18-37)38-19-13-10-14-20-38/h9-15,17-21,23-25,27,32,35-36,41,45-47,50,60H,8,16,22,26,28-31,33-34H2,1-7H3,(H,59,64)/t36-,45?,46-,47-/m0/s1. The molecule has 3 aliphatic rings. The Balaban J connectivity index is 0.995. The molecule has 1 unspecified atom stereocenters. The third-order valence-corrected chi connectivity index (χ3v) is 14.3. The molecule has 0 aliphatic carbocycles. The molecule has 9 rings (SSSR count). The van der Waals surface area contributed by atoms with E-state index >= 15 is 0 Å². The van der Waals surface area contributed by atoms with Gasteiger partial charge in [0.15, 0.2) is 0 Å². The van der Waals surface area contributed by atoms with E-state index in [0.717, 1.165) is 52.1 Å². The number of nitrogens with one attached hydrogen (secondary N) is 2. The van der Waals surface area contributed by atoms with Crippen molar-refractivity contribution in [2.45, 2.75) is 104 Å². The highest BCUT2D eigenvalue weighted by molar-refractivity contribution is 5.95. The lowest BCUT2D eigenvalue weighted by Gasteiger charge is -2.45. The van der Waals surface area contributed by atoms with Crippen molar-refractivity contribution >= 4 is 28.7 Å². The number of benzene rings is 3. The minimum absolute atomic E-state index is 0.0512. The van der Waals surface area contributed by atoms with Crippen molar-refractivity contribution in [1.29, 1.82) is 0 Å². The molecule has 4 atom stereocenters. The number of oxazole rings is 1. The number of esters is 1. The first-order valence-electron chi connectivity index (χ1n) is 24.9. The van der Waals surface area contributed by atoms with Crippen LogP contribution in [0, 0.1) is 17.3 Å². The fourth-order valence-corrected chi connectivity index (χ4v) is 10.3. The van der Waals surface area contributed by atoms with Crippen LogP contribution in [0.4, 0.5) is 0 Å². The molecule has 14 nitrogen and oxygen atoms in total. The molecular formula is C56H67N7O7. The Hall–Kier alpha value is -6.19. The summed E-state index contributed by atoms with van der Waals surface area (Å²) in [6.07, 6.45) is 4.75. The van der Waals surface area contributed by atoms with Gasteiger partial charge in [0.05, 0.1) is 54.5 Å². The lowest BCUT2D eigenvalue weighted by Crippen LogP contribution is -2.61. The zero-order chi connectivity index (χ0) is 49.1. The van der Waals surface area contributed by atoms with E-state index in [4.69, 9.17) is 28.6 Å². The number of likely N-dealkylation sites (tertiary alicyclic amines) is 1. The predicted molar refractivity (Wildman–Crippen MR) is 268 cm³/mol. The van der Waals surface area contributed by atoms with E-state index in [9.17, 15) is 14.4 Å². The maximum Gasteiger partial charge on any atom is 0.324 e. The van der Waals surface area contributed by atoms with Crippen LogP contribution in [-0.2, 0) is 48.0 Å². The molecular weight excluding hydrogens is 883 g/mol. The molecule has 3 aromatic carbocycles. The molecule has 6 bridgehead atoms. The number of methoxy groups -OCH3 is 1. The number of carbonyl (C=O) groups is 3. The summed E-state index contributed by atoms with van der Waals surface area (Å²) in [5.41, 5.74) is 11.3. The minimum atomic E-state index is -1.03. The number of aryl methyl sites for hydroxylation is 1. The van der Waals surface area contributed by atoms with Crippen LogP contribution in [0.25, 0.3) is 33.6 Å². The fraction of sp³-hybridized carbons (Fsp3) is 0.446. The van der Waals surface area contributed by atoms with Gasteiger partial charge in [0.1, 0.15) is 18.3 Å². The molecule has 3 aliphatic heterocycles. The van der Waals surface area contributed by atoms with E-state index in [2.05, 4.69) is 108 Å². The number of cyclic esters (lactones) is 1. The van der Waals surface area contributed by atoms with Gasteiger partial charge in [-0.2, -0.15) is 0 Å². The Morgan fingerprint density at radius 1 is 0.971 bits per heavy atom. The number of ether oxygens (including phenoxy) is 3. The van der Waals surface area contributed by atoms with Crippen LogP contribution < -0.4 is 10.7 Å².